The fourth-order valence-corrected chi connectivity index (χ4v) is 3.37. The molecule has 0 unspecified atom stereocenters. The minimum absolute atomic E-state index is 0.0452. The highest BCUT2D eigenvalue weighted by atomic mass is 19.2. The van der Waals surface area contributed by atoms with E-state index in [1.807, 2.05) is 24.4 Å². The smallest absolute Gasteiger partial charge is 0.275 e. The fourth-order valence-electron chi connectivity index (χ4n) is 3.37. The van der Waals surface area contributed by atoms with E-state index in [9.17, 15) is 13.6 Å². The van der Waals surface area contributed by atoms with Crippen molar-refractivity contribution >= 4 is 5.91 Å². The molecule has 0 aromatic heterocycles. The highest BCUT2D eigenvalue weighted by molar-refractivity contribution is 5.77. The Balaban J connectivity index is 1.56. The summed E-state index contributed by atoms with van der Waals surface area (Å²) in [5.74, 6) is -1.76. The van der Waals surface area contributed by atoms with Gasteiger partial charge < -0.3 is 10.6 Å². The number of rotatable bonds is 5. The van der Waals surface area contributed by atoms with Crippen molar-refractivity contribution in [3.05, 3.63) is 70.8 Å². The van der Waals surface area contributed by atoms with Crippen LogP contribution in [0, 0.1) is 11.6 Å². The second kappa shape index (κ2) is 7.74. The highest BCUT2D eigenvalue weighted by Crippen LogP contribution is 2.29. The maximum atomic E-state index is 13.3. The number of halogens is 2. The first-order valence-corrected chi connectivity index (χ1v) is 8.70. The summed E-state index contributed by atoms with van der Waals surface area (Å²) in [6.07, 6.45) is 3.07. The molecule has 2 aromatic carbocycles. The third kappa shape index (κ3) is 4.23. The number of quaternary nitrogens is 1. The van der Waals surface area contributed by atoms with Crippen LogP contribution in [0.5, 0.6) is 0 Å². The lowest BCUT2D eigenvalue weighted by Gasteiger charge is -2.26. The summed E-state index contributed by atoms with van der Waals surface area (Å²) in [4.78, 5) is 12.3. The van der Waals surface area contributed by atoms with Crippen LogP contribution < -0.4 is 10.6 Å². The van der Waals surface area contributed by atoms with Crippen molar-refractivity contribution < 1.29 is 18.9 Å². The molecule has 0 spiro atoms. The number of hydrogen-bond donors (Lipinski definition) is 2. The molecule has 3 rings (SSSR count). The van der Waals surface area contributed by atoms with E-state index in [1.165, 1.54) is 17.2 Å². The summed E-state index contributed by atoms with van der Waals surface area (Å²) in [6.45, 7) is 2.12. The quantitative estimate of drug-likeness (QED) is 0.860. The summed E-state index contributed by atoms with van der Waals surface area (Å²) >= 11 is 0. The second-order valence-electron chi connectivity index (χ2n) is 6.61. The Kier molecular flexibility index (Phi) is 5.43. The first-order chi connectivity index (χ1) is 12.0. The lowest BCUT2D eigenvalue weighted by atomic mass is 9.88. The van der Waals surface area contributed by atoms with Crippen molar-refractivity contribution in [2.45, 2.75) is 38.3 Å². The van der Waals surface area contributed by atoms with E-state index in [2.05, 4.69) is 17.4 Å². The van der Waals surface area contributed by atoms with E-state index >= 15 is 0 Å². The summed E-state index contributed by atoms with van der Waals surface area (Å²) in [7, 11) is 0. The monoisotopic (exact) mass is 345 g/mol. The van der Waals surface area contributed by atoms with Gasteiger partial charge in [-0.2, -0.15) is 0 Å². The van der Waals surface area contributed by atoms with E-state index in [0.717, 1.165) is 25.3 Å². The van der Waals surface area contributed by atoms with Crippen molar-refractivity contribution in [2.75, 3.05) is 6.54 Å². The van der Waals surface area contributed by atoms with Crippen molar-refractivity contribution in [1.29, 1.82) is 0 Å². The predicted octanol–water partition coefficient (Wildman–Crippen LogP) is 2.78. The van der Waals surface area contributed by atoms with Gasteiger partial charge in [0.25, 0.3) is 5.91 Å². The van der Waals surface area contributed by atoms with Crippen molar-refractivity contribution in [3.63, 3.8) is 0 Å². The summed E-state index contributed by atoms with van der Waals surface area (Å²) in [5.41, 5.74) is 3.17. The zero-order chi connectivity index (χ0) is 17.8. The number of aryl methyl sites for hydroxylation is 1. The van der Waals surface area contributed by atoms with Crippen LogP contribution in [-0.2, 0) is 11.2 Å². The molecule has 0 aliphatic heterocycles. The lowest BCUT2D eigenvalue weighted by Crippen LogP contribution is -2.87. The van der Waals surface area contributed by atoms with Crippen LogP contribution in [0.25, 0.3) is 0 Å². The van der Waals surface area contributed by atoms with Crippen molar-refractivity contribution in [3.8, 4) is 0 Å². The molecule has 3 nitrogen and oxygen atoms in total. The van der Waals surface area contributed by atoms with Crippen LogP contribution in [0.2, 0.25) is 0 Å². The Bertz CT molecular complexity index is 763. The largest absolute Gasteiger partial charge is 0.344 e. The maximum Gasteiger partial charge on any atom is 0.275 e. The lowest BCUT2D eigenvalue weighted by molar-refractivity contribution is -0.682. The van der Waals surface area contributed by atoms with Crippen molar-refractivity contribution in [2.24, 2.45) is 0 Å². The number of hydrogen-bond acceptors (Lipinski definition) is 1. The van der Waals surface area contributed by atoms with Gasteiger partial charge in [-0.1, -0.05) is 24.3 Å². The van der Waals surface area contributed by atoms with Gasteiger partial charge in [0.2, 0.25) is 0 Å². The minimum atomic E-state index is -0.860. The first kappa shape index (κ1) is 17.5. The Morgan fingerprint density at radius 3 is 2.84 bits per heavy atom. The molecule has 5 heteroatoms. The molecule has 132 valence electrons. The van der Waals surface area contributed by atoms with Crippen LogP contribution >= 0.6 is 0 Å². The van der Waals surface area contributed by atoms with Crippen molar-refractivity contribution in [1.82, 2.24) is 5.32 Å². The van der Waals surface area contributed by atoms with E-state index in [1.54, 1.807) is 6.07 Å². The standard InChI is InChI=1S/C20H22F2N2O/c1-13(15-9-10-17(21)18(22)11-15)23-12-20(25)24-19-8-4-6-14-5-2-3-7-16(14)19/h2-3,5,7,9-11,13,19,23H,4,6,8,12H2,1H3,(H,24,25)/p+1/t13-,19-/m0/s1. The third-order valence-electron chi connectivity index (χ3n) is 4.83. The molecule has 2 aromatic rings. The van der Waals surface area contributed by atoms with E-state index in [0.29, 0.717) is 5.56 Å². The summed E-state index contributed by atoms with van der Waals surface area (Å²) in [6, 6.07) is 12.0. The normalized spacial score (nSPS) is 17.6. The molecular formula is C20H23F2N2O+. The zero-order valence-electron chi connectivity index (χ0n) is 14.3. The van der Waals surface area contributed by atoms with Gasteiger partial charge in [-0.3, -0.25) is 4.79 Å². The van der Waals surface area contributed by atoms with E-state index in [-0.39, 0.29) is 24.5 Å². The summed E-state index contributed by atoms with van der Waals surface area (Å²) < 4.78 is 26.3. The molecule has 0 fully saturated rings. The van der Waals surface area contributed by atoms with Gasteiger partial charge in [0, 0.05) is 5.56 Å². The number of carbonyl (C=O) groups is 1. The number of nitrogens with two attached hydrogens (primary N) is 1. The molecule has 1 aliphatic carbocycles. The van der Waals surface area contributed by atoms with Crippen LogP contribution in [0.3, 0.4) is 0 Å². The summed E-state index contributed by atoms with van der Waals surface area (Å²) in [5, 5.41) is 4.93. The first-order valence-electron chi connectivity index (χ1n) is 8.70. The second-order valence-corrected chi connectivity index (χ2v) is 6.61. The van der Waals surface area contributed by atoms with Gasteiger partial charge >= 0.3 is 0 Å². The number of amides is 1. The van der Waals surface area contributed by atoms with Crippen LogP contribution in [0.1, 0.15) is 48.5 Å². The van der Waals surface area contributed by atoms with Gasteiger partial charge in [-0.15, -0.1) is 0 Å². The molecule has 0 heterocycles. The molecule has 25 heavy (non-hydrogen) atoms. The fraction of sp³-hybridized carbons (Fsp3) is 0.350. The van der Waals surface area contributed by atoms with Gasteiger partial charge in [0.05, 0.1) is 6.04 Å². The molecule has 1 amide bonds. The maximum absolute atomic E-state index is 13.3. The molecule has 0 bridgehead atoms. The van der Waals surface area contributed by atoms with Crippen LogP contribution in [0.4, 0.5) is 8.78 Å². The molecule has 3 N–H and O–H groups in total. The van der Waals surface area contributed by atoms with Gasteiger partial charge in [-0.25, -0.2) is 8.78 Å². The Hall–Kier alpha value is -2.27. The number of nitrogens with one attached hydrogen (secondary N) is 1. The topological polar surface area (TPSA) is 45.7 Å². The number of carbonyl (C=O) groups excluding carboxylic acids is 1. The minimum Gasteiger partial charge on any atom is -0.344 e. The van der Waals surface area contributed by atoms with Gasteiger partial charge in [0.1, 0.15) is 6.04 Å². The van der Waals surface area contributed by atoms with Gasteiger partial charge in [-0.05, 0) is 55.5 Å². The number of benzene rings is 2. The average molecular weight is 345 g/mol. The molecule has 0 saturated heterocycles. The number of fused-ring (bicyclic) bond motifs is 1. The molecule has 1 aliphatic rings. The van der Waals surface area contributed by atoms with Crippen LogP contribution in [0.15, 0.2) is 42.5 Å². The molecule has 0 saturated carbocycles. The van der Waals surface area contributed by atoms with Gasteiger partial charge in [0.15, 0.2) is 18.2 Å². The molecule has 2 atom stereocenters. The average Bonchev–Trinajstić information content (AvgIpc) is 2.62. The molecule has 0 radical (unpaired) electrons. The Morgan fingerprint density at radius 2 is 2.04 bits per heavy atom. The SMILES string of the molecule is C[C@H]([NH2+]CC(=O)N[C@H]1CCCc2ccccc21)c1ccc(F)c(F)c1. The van der Waals surface area contributed by atoms with E-state index < -0.39 is 11.6 Å². The molecular weight excluding hydrogens is 322 g/mol. The third-order valence-corrected chi connectivity index (χ3v) is 4.83. The predicted molar refractivity (Wildman–Crippen MR) is 91.8 cm³/mol. The zero-order valence-corrected chi connectivity index (χ0v) is 14.3. The van der Waals surface area contributed by atoms with E-state index in [4.69, 9.17) is 0 Å². The highest BCUT2D eigenvalue weighted by Gasteiger charge is 2.22. The Morgan fingerprint density at radius 1 is 1.24 bits per heavy atom. The Labute approximate surface area is 146 Å². The van der Waals surface area contributed by atoms with Crippen LogP contribution in [-0.4, -0.2) is 12.5 Å².